The Morgan fingerprint density at radius 2 is 1.38 bits per heavy atom. The predicted molar refractivity (Wildman–Crippen MR) is 116 cm³/mol. The molecule has 0 aromatic rings. The van der Waals surface area contributed by atoms with Crippen LogP contribution < -0.4 is 5.32 Å². The number of nitrogens with one attached hydrogen (secondary N) is 1. The van der Waals surface area contributed by atoms with Gasteiger partial charge in [0.2, 0.25) is 5.91 Å². The molecule has 0 aromatic carbocycles. The Kier molecular flexibility index (Phi) is 10.6. The summed E-state index contributed by atoms with van der Waals surface area (Å²) in [7, 11) is 1.22. The number of carbonyl (C=O) groups is 1. The van der Waals surface area contributed by atoms with Crippen molar-refractivity contribution < 1.29 is 74.1 Å². The van der Waals surface area contributed by atoms with Crippen LogP contribution in [0.3, 0.4) is 0 Å². The van der Waals surface area contributed by atoms with Crippen LogP contribution in [0.15, 0.2) is 0 Å². The maximum atomic E-state index is 11.6. The van der Waals surface area contributed by atoms with Gasteiger partial charge in [0.25, 0.3) is 0 Å². The van der Waals surface area contributed by atoms with E-state index < -0.39 is 111 Å². The van der Waals surface area contributed by atoms with Crippen molar-refractivity contribution in [3.8, 4) is 0 Å². The lowest BCUT2D eigenvalue weighted by Crippen LogP contribution is -2.68. The summed E-state index contributed by atoms with van der Waals surface area (Å²) >= 11 is 0. The van der Waals surface area contributed by atoms with Crippen molar-refractivity contribution in [3.63, 3.8) is 0 Å². The molecule has 1 unspecified atom stereocenters. The lowest BCUT2D eigenvalue weighted by Gasteiger charge is -2.49. The lowest BCUT2D eigenvalue weighted by atomic mass is 9.95. The monoisotopic (exact) mass is 543 g/mol. The molecule has 3 aliphatic rings. The van der Waals surface area contributed by atoms with E-state index in [0.29, 0.717) is 0 Å². The Morgan fingerprint density at radius 3 is 1.95 bits per heavy atom. The van der Waals surface area contributed by atoms with Crippen LogP contribution in [0.4, 0.5) is 0 Å². The van der Waals surface area contributed by atoms with Crippen LogP contribution in [-0.4, -0.2) is 159 Å². The minimum Gasteiger partial charge on any atom is -0.394 e. The zero-order chi connectivity index (χ0) is 27.6. The van der Waals surface area contributed by atoms with Gasteiger partial charge in [-0.2, -0.15) is 0 Å². The molecule has 0 spiro atoms. The van der Waals surface area contributed by atoms with E-state index in [1.807, 2.05) is 0 Å². The van der Waals surface area contributed by atoms with E-state index in [2.05, 4.69) is 5.32 Å². The second-order valence-corrected chi connectivity index (χ2v) is 9.26. The van der Waals surface area contributed by atoms with Crippen LogP contribution in [-0.2, 0) is 33.2 Å². The molecule has 3 saturated heterocycles. The fourth-order valence-electron chi connectivity index (χ4n) is 4.64. The first-order valence-electron chi connectivity index (χ1n) is 11.8. The first kappa shape index (κ1) is 30.5. The predicted octanol–water partition coefficient (Wildman–Crippen LogP) is -5.75. The van der Waals surface area contributed by atoms with Crippen LogP contribution >= 0.6 is 0 Å². The number of hydrogen-bond donors (Lipinski definition) is 9. The zero-order valence-corrected chi connectivity index (χ0v) is 20.5. The summed E-state index contributed by atoms with van der Waals surface area (Å²) in [6.07, 6.45) is -20.4. The van der Waals surface area contributed by atoms with Gasteiger partial charge in [-0.1, -0.05) is 0 Å². The number of methoxy groups -OCH3 is 1. The van der Waals surface area contributed by atoms with Gasteiger partial charge in [0, 0.05) is 14.0 Å². The van der Waals surface area contributed by atoms with Gasteiger partial charge in [-0.05, 0) is 6.92 Å². The second-order valence-electron chi connectivity index (χ2n) is 9.26. The van der Waals surface area contributed by atoms with Crippen molar-refractivity contribution in [3.05, 3.63) is 0 Å². The molecular formula is C21H37NO15. The van der Waals surface area contributed by atoms with Crippen LogP contribution in [0.5, 0.6) is 0 Å². The molecule has 15 atom stereocenters. The van der Waals surface area contributed by atoms with Gasteiger partial charge in [-0.15, -0.1) is 0 Å². The third kappa shape index (κ3) is 6.39. The Morgan fingerprint density at radius 1 is 0.757 bits per heavy atom. The molecule has 9 N–H and O–H groups in total. The molecule has 3 aliphatic heterocycles. The van der Waals surface area contributed by atoms with E-state index in [1.165, 1.54) is 14.0 Å². The summed E-state index contributed by atoms with van der Waals surface area (Å²) in [6, 6.07) is -1.35. The average molecular weight is 544 g/mol. The molecule has 16 heteroatoms. The zero-order valence-electron chi connectivity index (χ0n) is 20.5. The van der Waals surface area contributed by atoms with Gasteiger partial charge in [-0.3, -0.25) is 4.79 Å². The Labute approximate surface area is 212 Å². The number of amides is 1. The summed E-state index contributed by atoms with van der Waals surface area (Å²) < 4.78 is 33.5. The number of carbonyl (C=O) groups excluding carboxylic acids is 1. The lowest BCUT2D eigenvalue weighted by molar-refractivity contribution is -0.383. The maximum absolute atomic E-state index is 11.6. The topological polar surface area (TPSA) is 246 Å². The summed E-state index contributed by atoms with van der Waals surface area (Å²) in [5.74, 6) is -0.593. The molecule has 216 valence electrons. The fourth-order valence-corrected chi connectivity index (χ4v) is 4.64. The number of ether oxygens (including phenoxy) is 6. The largest absolute Gasteiger partial charge is 0.394 e. The molecule has 3 heterocycles. The highest BCUT2D eigenvalue weighted by molar-refractivity contribution is 5.73. The van der Waals surface area contributed by atoms with E-state index in [0.717, 1.165) is 6.92 Å². The van der Waals surface area contributed by atoms with Crippen molar-refractivity contribution >= 4 is 5.91 Å². The molecule has 3 fully saturated rings. The van der Waals surface area contributed by atoms with Crippen molar-refractivity contribution in [1.29, 1.82) is 0 Å². The molecule has 0 aliphatic carbocycles. The normalized spacial score (nSPS) is 49.0. The summed E-state index contributed by atoms with van der Waals surface area (Å²) in [4.78, 5) is 11.6. The van der Waals surface area contributed by atoms with Crippen LogP contribution in [0, 0.1) is 0 Å². The summed E-state index contributed by atoms with van der Waals surface area (Å²) in [5.41, 5.74) is 0. The SMILES string of the molecule is CO[C@H]1[C@@H](O)[C@@H](CO)O[C@@H](O[C@H]2[C@H](O)[C@@H](NC(C)=O)C(O)O[C@@H]2CO)[C@@H]1O[C@@H]1O[C@@H](C)[C@@H](O)[C@@H](O)[C@@H]1O. The fraction of sp³-hybridized carbons (Fsp3) is 0.952. The van der Waals surface area contributed by atoms with E-state index in [4.69, 9.17) is 28.4 Å². The third-order valence-electron chi connectivity index (χ3n) is 6.70. The van der Waals surface area contributed by atoms with Gasteiger partial charge in [-0.25, -0.2) is 0 Å². The van der Waals surface area contributed by atoms with E-state index >= 15 is 0 Å². The van der Waals surface area contributed by atoms with Gasteiger partial charge in [0.05, 0.1) is 19.3 Å². The highest BCUT2D eigenvalue weighted by atomic mass is 16.8. The molecule has 0 radical (unpaired) electrons. The summed E-state index contributed by atoms with van der Waals surface area (Å²) in [5, 5.41) is 84.1. The van der Waals surface area contributed by atoms with Crippen LogP contribution in [0.25, 0.3) is 0 Å². The minimum atomic E-state index is -1.73. The Hall–Kier alpha value is -1.09. The van der Waals surface area contributed by atoms with Gasteiger partial charge < -0.3 is 74.6 Å². The molecule has 16 nitrogen and oxygen atoms in total. The van der Waals surface area contributed by atoms with E-state index in [9.17, 15) is 45.6 Å². The standard InChI is InChI=1S/C21H37NO15/c1-6-11(26)14(29)15(30)20(33-6)37-18-17(32-3)12(27)8(4-23)35-21(18)36-16-9(5-24)34-19(31)10(13(16)28)22-7(2)25/h6,8-21,23-24,26-31H,4-5H2,1-3H3,(H,22,25)/t6-,8+,9+,10+,11+,12-,13+,14+,15-,16+,17-,18+,19?,20-,21-/m0/s1. The number of aliphatic hydroxyl groups excluding tert-OH is 8. The molecule has 0 aromatic heterocycles. The quantitative estimate of drug-likeness (QED) is 0.138. The second kappa shape index (κ2) is 12.8. The number of aliphatic hydroxyl groups is 8. The van der Waals surface area contributed by atoms with Crippen LogP contribution in [0.1, 0.15) is 13.8 Å². The van der Waals surface area contributed by atoms with Crippen molar-refractivity contribution in [2.45, 2.75) is 106 Å². The Bertz CT molecular complexity index is 747. The molecular weight excluding hydrogens is 506 g/mol. The van der Waals surface area contributed by atoms with E-state index in [-0.39, 0.29) is 0 Å². The molecule has 0 saturated carbocycles. The number of rotatable bonds is 8. The Balaban J connectivity index is 1.89. The van der Waals surface area contributed by atoms with Crippen molar-refractivity contribution in [2.75, 3.05) is 20.3 Å². The average Bonchev–Trinajstić information content (AvgIpc) is 2.86. The highest BCUT2D eigenvalue weighted by Gasteiger charge is 2.54. The van der Waals surface area contributed by atoms with Gasteiger partial charge in [0.1, 0.15) is 67.1 Å². The maximum Gasteiger partial charge on any atom is 0.217 e. The first-order chi connectivity index (χ1) is 17.4. The smallest absolute Gasteiger partial charge is 0.217 e. The summed E-state index contributed by atoms with van der Waals surface area (Å²) in [6.45, 7) is 1.18. The highest BCUT2D eigenvalue weighted by Crippen LogP contribution is 2.33. The van der Waals surface area contributed by atoms with Crippen molar-refractivity contribution in [1.82, 2.24) is 5.32 Å². The van der Waals surface area contributed by atoms with E-state index in [1.54, 1.807) is 0 Å². The molecule has 0 bridgehead atoms. The minimum absolute atomic E-state index is 0.593. The van der Waals surface area contributed by atoms with Gasteiger partial charge in [0.15, 0.2) is 18.9 Å². The molecule has 1 amide bonds. The third-order valence-corrected chi connectivity index (χ3v) is 6.70. The van der Waals surface area contributed by atoms with Crippen molar-refractivity contribution in [2.24, 2.45) is 0 Å². The first-order valence-corrected chi connectivity index (χ1v) is 11.8. The van der Waals surface area contributed by atoms with Gasteiger partial charge >= 0.3 is 0 Å². The molecule has 3 rings (SSSR count). The molecule has 37 heavy (non-hydrogen) atoms. The number of hydrogen-bond acceptors (Lipinski definition) is 15. The van der Waals surface area contributed by atoms with Crippen LogP contribution in [0.2, 0.25) is 0 Å².